The van der Waals surface area contributed by atoms with Gasteiger partial charge in [-0.1, -0.05) is 75.5 Å². The molecule has 5 nitrogen and oxygen atoms in total. The van der Waals surface area contributed by atoms with E-state index in [4.69, 9.17) is 23.2 Å². The quantitative estimate of drug-likeness (QED) is 0.345. The molecule has 0 spiro atoms. The first-order valence-electron chi connectivity index (χ1n) is 12.5. The molecule has 0 bridgehead atoms. The number of likely N-dealkylation sites (tertiary alicyclic amines) is 1. The number of benzene rings is 3. The molecular formula is C29H28BrCl2N3O2. The number of rotatable bonds is 4. The Morgan fingerprint density at radius 3 is 1.89 bits per heavy atom. The van der Waals surface area contributed by atoms with Gasteiger partial charge in [-0.15, -0.1) is 0 Å². The Balaban J connectivity index is 1.23. The Kier molecular flexibility index (Phi) is 8.20. The number of nitrogens with zero attached hydrogens (tertiary/aromatic N) is 3. The summed E-state index contributed by atoms with van der Waals surface area (Å²) in [5, 5.41) is 1.38. The van der Waals surface area contributed by atoms with Crippen LogP contribution in [0.15, 0.2) is 77.3 Å². The molecular weight excluding hydrogens is 573 g/mol. The normalized spacial score (nSPS) is 18.4. The highest BCUT2D eigenvalue weighted by Gasteiger charge is 2.35. The Morgan fingerprint density at radius 2 is 1.32 bits per heavy atom. The van der Waals surface area contributed by atoms with Crippen molar-refractivity contribution in [3.8, 4) is 0 Å². The van der Waals surface area contributed by atoms with E-state index in [1.165, 1.54) is 5.56 Å². The summed E-state index contributed by atoms with van der Waals surface area (Å²) in [7, 11) is 0. The Bertz CT molecular complexity index is 1220. The van der Waals surface area contributed by atoms with E-state index >= 15 is 0 Å². The molecule has 0 N–H and O–H groups in total. The molecule has 0 aliphatic carbocycles. The van der Waals surface area contributed by atoms with Crippen LogP contribution in [-0.2, 0) is 9.59 Å². The highest BCUT2D eigenvalue weighted by atomic mass is 79.9. The number of carbonyl (C=O) groups is 2. The largest absolute Gasteiger partial charge is 0.334 e. The van der Waals surface area contributed by atoms with Crippen LogP contribution in [0.2, 0.25) is 10.0 Å². The van der Waals surface area contributed by atoms with Crippen molar-refractivity contribution in [3.63, 3.8) is 0 Å². The molecule has 2 aliphatic heterocycles. The highest BCUT2D eigenvalue weighted by Crippen LogP contribution is 2.32. The molecule has 1 unspecified atom stereocenters. The van der Waals surface area contributed by atoms with Gasteiger partial charge in [0.1, 0.15) is 0 Å². The van der Waals surface area contributed by atoms with Crippen LogP contribution in [0.1, 0.15) is 35.1 Å². The first-order chi connectivity index (χ1) is 17.9. The molecule has 2 fully saturated rings. The molecule has 0 saturated carbocycles. The molecule has 2 heterocycles. The molecule has 3 aromatic rings. The van der Waals surface area contributed by atoms with Gasteiger partial charge in [0.15, 0.2) is 0 Å². The fourth-order valence-corrected chi connectivity index (χ4v) is 6.00. The Labute approximate surface area is 236 Å². The summed E-state index contributed by atoms with van der Waals surface area (Å²) in [5.74, 6) is -0.535. The van der Waals surface area contributed by atoms with Gasteiger partial charge in [0.2, 0.25) is 0 Å². The van der Waals surface area contributed by atoms with Gasteiger partial charge < -0.3 is 9.80 Å². The zero-order valence-corrected chi connectivity index (χ0v) is 23.4. The second kappa shape index (κ2) is 11.6. The maximum Gasteiger partial charge on any atom is 0.312 e. The van der Waals surface area contributed by atoms with Crippen LogP contribution in [-0.4, -0.2) is 65.8 Å². The summed E-state index contributed by atoms with van der Waals surface area (Å²) in [4.78, 5) is 32.0. The molecule has 192 valence electrons. The van der Waals surface area contributed by atoms with Crippen molar-refractivity contribution >= 4 is 50.9 Å². The van der Waals surface area contributed by atoms with Gasteiger partial charge in [0.05, 0.1) is 6.04 Å². The maximum absolute atomic E-state index is 13.2. The average molecular weight is 601 g/mol. The van der Waals surface area contributed by atoms with Gasteiger partial charge in [-0.05, 0) is 59.5 Å². The van der Waals surface area contributed by atoms with Crippen LogP contribution in [0.25, 0.3) is 0 Å². The molecule has 2 aliphatic rings. The van der Waals surface area contributed by atoms with Crippen molar-refractivity contribution < 1.29 is 9.59 Å². The van der Waals surface area contributed by atoms with Crippen molar-refractivity contribution in [1.29, 1.82) is 0 Å². The fourth-order valence-electron chi connectivity index (χ4n) is 5.34. The van der Waals surface area contributed by atoms with Crippen molar-refractivity contribution in [2.75, 3.05) is 39.3 Å². The van der Waals surface area contributed by atoms with Gasteiger partial charge in [-0.25, -0.2) is 0 Å². The smallest absolute Gasteiger partial charge is 0.312 e. The number of hydrogen-bond acceptors (Lipinski definition) is 3. The molecule has 1 atom stereocenters. The van der Waals surface area contributed by atoms with E-state index in [0.29, 0.717) is 49.3 Å². The van der Waals surface area contributed by atoms with Crippen LogP contribution < -0.4 is 0 Å². The minimum atomic E-state index is -0.399. The zero-order valence-electron chi connectivity index (χ0n) is 20.3. The monoisotopic (exact) mass is 599 g/mol. The summed E-state index contributed by atoms with van der Waals surface area (Å²) in [6.07, 6.45) is 0.868. The molecule has 37 heavy (non-hydrogen) atoms. The Morgan fingerprint density at radius 1 is 0.757 bits per heavy atom. The third-order valence-corrected chi connectivity index (χ3v) is 8.31. The van der Waals surface area contributed by atoms with E-state index in [1.54, 1.807) is 9.80 Å². The lowest BCUT2D eigenvalue weighted by Crippen LogP contribution is -2.53. The van der Waals surface area contributed by atoms with Crippen LogP contribution in [0.3, 0.4) is 0 Å². The van der Waals surface area contributed by atoms with Gasteiger partial charge in [-0.2, -0.15) is 0 Å². The van der Waals surface area contributed by atoms with E-state index in [-0.39, 0.29) is 12.0 Å². The number of hydrogen-bond donors (Lipinski definition) is 0. The lowest BCUT2D eigenvalue weighted by atomic mass is 9.96. The predicted octanol–water partition coefficient (Wildman–Crippen LogP) is 6.01. The van der Waals surface area contributed by atoms with E-state index in [9.17, 15) is 9.59 Å². The first-order valence-corrected chi connectivity index (χ1v) is 14.0. The summed E-state index contributed by atoms with van der Waals surface area (Å²) in [5.41, 5.74) is 3.44. The van der Waals surface area contributed by atoms with Crippen LogP contribution >= 0.6 is 39.1 Å². The van der Waals surface area contributed by atoms with E-state index in [1.807, 2.05) is 60.7 Å². The SMILES string of the molecule is O=C(C(=O)N1CCC(c2cccc(Br)c2)C1)N1CCN(C(c2ccc(Cl)cc2)c2ccc(Cl)cc2)CC1. The summed E-state index contributed by atoms with van der Waals surface area (Å²) in [6, 6.07) is 23.9. The second-order valence-electron chi connectivity index (χ2n) is 9.63. The topological polar surface area (TPSA) is 43.9 Å². The lowest BCUT2D eigenvalue weighted by Gasteiger charge is -2.39. The first kappa shape index (κ1) is 26.2. The number of halogens is 3. The number of carbonyl (C=O) groups excluding carboxylic acids is 2. The third kappa shape index (κ3) is 6.04. The molecule has 2 saturated heterocycles. The van der Waals surface area contributed by atoms with E-state index < -0.39 is 11.8 Å². The van der Waals surface area contributed by atoms with Crippen molar-refractivity contribution in [2.45, 2.75) is 18.4 Å². The zero-order chi connectivity index (χ0) is 25.9. The standard InChI is InChI=1S/C29H28BrCl2N3O2/c30-24-3-1-2-22(18-24)23-12-13-35(19-23)29(37)28(36)34-16-14-33(15-17-34)27(20-4-8-25(31)9-5-20)21-6-10-26(32)11-7-21/h1-11,18,23,27H,12-17,19H2. The minimum absolute atomic E-state index is 0.00650. The molecule has 2 amide bonds. The molecule has 0 radical (unpaired) electrons. The van der Waals surface area contributed by atoms with Gasteiger partial charge in [-0.3, -0.25) is 14.5 Å². The van der Waals surface area contributed by atoms with Gasteiger partial charge in [0.25, 0.3) is 0 Å². The van der Waals surface area contributed by atoms with Crippen molar-refractivity contribution in [2.24, 2.45) is 0 Å². The maximum atomic E-state index is 13.2. The minimum Gasteiger partial charge on any atom is -0.334 e. The van der Waals surface area contributed by atoms with E-state index in [2.05, 4.69) is 33.0 Å². The fraction of sp³-hybridized carbons (Fsp3) is 0.310. The second-order valence-corrected chi connectivity index (χ2v) is 11.4. The number of amides is 2. The van der Waals surface area contributed by atoms with E-state index in [0.717, 1.165) is 22.0 Å². The van der Waals surface area contributed by atoms with Gasteiger partial charge in [0, 0.05) is 59.7 Å². The van der Waals surface area contributed by atoms with Crippen molar-refractivity contribution in [3.05, 3.63) is 104 Å². The number of piperazine rings is 1. The third-order valence-electron chi connectivity index (χ3n) is 7.32. The predicted molar refractivity (Wildman–Crippen MR) is 151 cm³/mol. The lowest BCUT2D eigenvalue weighted by molar-refractivity contribution is -0.152. The summed E-state index contributed by atoms with van der Waals surface area (Å²) < 4.78 is 1.03. The molecule has 8 heteroatoms. The Hall–Kier alpha value is -2.38. The van der Waals surface area contributed by atoms with Gasteiger partial charge >= 0.3 is 11.8 Å². The van der Waals surface area contributed by atoms with Crippen LogP contribution in [0, 0.1) is 0 Å². The van der Waals surface area contributed by atoms with Crippen molar-refractivity contribution in [1.82, 2.24) is 14.7 Å². The average Bonchev–Trinajstić information content (AvgIpc) is 3.41. The highest BCUT2D eigenvalue weighted by molar-refractivity contribution is 9.10. The molecule has 5 rings (SSSR count). The summed E-state index contributed by atoms with van der Waals surface area (Å²) in [6.45, 7) is 3.52. The summed E-state index contributed by atoms with van der Waals surface area (Å²) >= 11 is 15.8. The van der Waals surface area contributed by atoms with Crippen LogP contribution in [0.5, 0.6) is 0 Å². The molecule has 0 aromatic heterocycles. The van der Waals surface area contributed by atoms with Crippen LogP contribution in [0.4, 0.5) is 0 Å². The molecule has 3 aromatic carbocycles.